The first kappa shape index (κ1) is 17.2. The van der Waals surface area contributed by atoms with Gasteiger partial charge in [-0.1, -0.05) is 37.6 Å². The van der Waals surface area contributed by atoms with Crippen LogP contribution in [0.1, 0.15) is 38.7 Å². The van der Waals surface area contributed by atoms with Crippen LogP contribution in [0.15, 0.2) is 29.3 Å². The van der Waals surface area contributed by atoms with Crippen molar-refractivity contribution in [3.8, 4) is 0 Å². The van der Waals surface area contributed by atoms with Gasteiger partial charge in [0.05, 0.1) is 6.10 Å². The van der Waals surface area contributed by atoms with Crippen molar-refractivity contribution in [2.24, 2.45) is 16.3 Å². The van der Waals surface area contributed by atoms with Crippen LogP contribution in [0.2, 0.25) is 5.02 Å². The van der Waals surface area contributed by atoms with Crippen LogP contribution in [0.4, 0.5) is 0 Å². The number of guanidine groups is 1. The molecule has 0 amide bonds. The van der Waals surface area contributed by atoms with Gasteiger partial charge in [-0.05, 0) is 37.0 Å². The maximum atomic E-state index is 6.18. The van der Waals surface area contributed by atoms with E-state index in [4.69, 9.17) is 16.3 Å². The van der Waals surface area contributed by atoms with Crippen LogP contribution < -0.4 is 10.6 Å². The molecular weight excluding hydrogens is 334 g/mol. The number of ether oxygens (including phenoxy) is 1. The largest absolute Gasteiger partial charge is 0.377 e. The van der Waals surface area contributed by atoms with E-state index in [1.165, 1.54) is 18.4 Å². The van der Waals surface area contributed by atoms with E-state index in [2.05, 4.69) is 41.6 Å². The molecule has 1 aromatic rings. The van der Waals surface area contributed by atoms with Gasteiger partial charge in [-0.3, -0.25) is 4.99 Å². The molecule has 2 saturated carbocycles. The predicted molar refractivity (Wildman–Crippen MR) is 102 cm³/mol. The van der Waals surface area contributed by atoms with Crippen molar-refractivity contribution in [1.29, 1.82) is 0 Å². The molecule has 1 aromatic carbocycles. The van der Waals surface area contributed by atoms with E-state index in [9.17, 15) is 0 Å². The Labute approximate surface area is 155 Å². The Morgan fingerprint density at radius 1 is 1.36 bits per heavy atom. The molecule has 3 aliphatic rings. The summed E-state index contributed by atoms with van der Waals surface area (Å²) in [6.07, 6.45) is 3.94. The van der Waals surface area contributed by atoms with E-state index in [1.54, 1.807) is 0 Å². The van der Waals surface area contributed by atoms with Gasteiger partial charge in [0, 0.05) is 48.0 Å². The molecule has 136 valence electrons. The van der Waals surface area contributed by atoms with E-state index < -0.39 is 0 Å². The number of hydrogen-bond acceptors (Lipinski definition) is 2. The predicted octanol–water partition coefficient (Wildman–Crippen LogP) is 3.35. The van der Waals surface area contributed by atoms with Gasteiger partial charge in [-0.2, -0.15) is 0 Å². The second-order valence-corrected chi connectivity index (χ2v) is 8.84. The molecule has 4 nitrogen and oxygen atoms in total. The third-order valence-electron chi connectivity index (χ3n) is 6.50. The smallest absolute Gasteiger partial charge is 0.191 e. The Morgan fingerprint density at radius 3 is 2.84 bits per heavy atom. The summed E-state index contributed by atoms with van der Waals surface area (Å²) >= 11 is 6.18. The summed E-state index contributed by atoms with van der Waals surface area (Å²) in [7, 11) is 1.85. The molecule has 2 N–H and O–H groups in total. The minimum Gasteiger partial charge on any atom is -0.377 e. The van der Waals surface area contributed by atoms with Crippen LogP contribution in [0.5, 0.6) is 0 Å². The minimum absolute atomic E-state index is 0.156. The molecule has 2 aliphatic carbocycles. The number of nitrogens with zero attached hydrogens (tertiary/aromatic N) is 1. The van der Waals surface area contributed by atoms with Gasteiger partial charge in [-0.15, -0.1) is 0 Å². The Morgan fingerprint density at radius 2 is 2.16 bits per heavy atom. The molecule has 5 heteroatoms. The maximum absolute atomic E-state index is 6.18. The van der Waals surface area contributed by atoms with Crippen LogP contribution >= 0.6 is 11.6 Å². The number of benzene rings is 1. The van der Waals surface area contributed by atoms with Gasteiger partial charge in [-0.25, -0.2) is 0 Å². The molecule has 4 rings (SSSR count). The summed E-state index contributed by atoms with van der Waals surface area (Å²) in [5, 5.41) is 8.04. The van der Waals surface area contributed by atoms with Crippen LogP contribution in [0, 0.1) is 11.3 Å². The monoisotopic (exact) mass is 361 g/mol. The van der Waals surface area contributed by atoms with Gasteiger partial charge in [0.15, 0.2) is 5.96 Å². The zero-order chi connectivity index (χ0) is 17.7. The summed E-state index contributed by atoms with van der Waals surface area (Å²) in [4.78, 5) is 4.46. The number of rotatable bonds is 4. The van der Waals surface area contributed by atoms with Crippen molar-refractivity contribution < 1.29 is 4.74 Å². The standard InChI is InChI=1S/C20H28ClN3O/c1-19(2)16(15-7-10-25-17(15)19)24-18(22-3)23-12-20(8-9-20)13-5-4-6-14(21)11-13/h4-6,11,15-17H,7-10,12H2,1-3H3,(H2,22,23,24). The Balaban J connectivity index is 1.39. The molecule has 3 atom stereocenters. The van der Waals surface area contributed by atoms with Crippen molar-refractivity contribution in [2.75, 3.05) is 20.2 Å². The first-order chi connectivity index (χ1) is 12.0. The number of halogens is 1. The lowest BCUT2D eigenvalue weighted by molar-refractivity contribution is -0.106. The van der Waals surface area contributed by atoms with Crippen molar-refractivity contribution in [1.82, 2.24) is 10.6 Å². The Kier molecular flexibility index (Phi) is 4.24. The van der Waals surface area contributed by atoms with Gasteiger partial charge in [0.25, 0.3) is 0 Å². The molecular formula is C20H28ClN3O. The fraction of sp³-hybridized carbons (Fsp3) is 0.650. The first-order valence-electron chi connectivity index (χ1n) is 9.31. The lowest BCUT2D eigenvalue weighted by atomic mass is 9.57. The van der Waals surface area contributed by atoms with Crippen LogP contribution in [-0.2, 0) is 10.2 Å². The third kappa shape index (κ3) is 2.93. The first-order valence-corrected chi connectivity index (χ1v) is 9.69. The zero-order valence-electron chi connectivity index (χ0n) is 15.3. The number of fused-ring (bicyclic) bond motifs is 1. The van der Waals surface area contributed by atoms with Gasteiger partial charge in [0.2, 0.25) is 0 Å². The molecule has 1 heterocycles. The molecule has 0 spiro atoms. The van der Waals surface area contributed by atoms with Gasteiger partial charge >= 0.3 is 0 Å². The number of aliphatic imine (C=N–C) groups is 1. The van der Waals surface area contributed by atoms with Crippen molar-refractivity contribution >= 4 is 17.6 Å². The Bertz CT molecular complexity index is 683. The summed E-state index contributed by atoms with van der Waals surface area (Å²) in [5.74, 6) is 1.51. The van der Waals surface area contributed by atoms with Crippen LogP contribution in [-0.4, -0.2) is 38.3 Å². The van der Waals surface area contributed by atoms with Gasteiger partial charge in [0.1, 0.15) is 0 Å². The highest BCUT2D eigenvalue weighted by molar-refractivity contribution is 6.30. The SMILES string of the molecule is CN=C(NCC1(c2cccc(Cl)c2)CC1)NC1C2CCOC2C1(C)C. The third-order valence-corrected chi connectivity index (χ3v) is 6.74. The van der Waals surface area contributed by atoms with E-state index in [0.717, 1.165) is 30.6 Å². The van der Waals surface area contributed by atoms with E-state index in [-0.39, 0.29) is 10.8 Å². The highest BCUT2D eigenvalue weighted by atomic mass is 35.5. The van der Waals surface area contributed by atoms with E-state index in [0.29, 0.717) is 18.1 Å². The number of nitrogens with one attached hydrogen (secondary N) is 2. The van der Waals surface area contributed by atoms with Crippen molar-refractivity contribution in [3.63, 3.8) is 0 Å². The fourth-order valence-corrected chi connectivity index (χ4v) is 4.94. The average Bonchev–Trinajstić information content (AvgIpc) is 3.24. The van der Waals surface area contributed by atoms with E-state index in [1.807, 2.05) is 19.2 Å². The normalized spacial score (nSPS) is 31.8. The lowest BCUT2D eigenvalue weighted by Crippen LogP contribution is -2.68. The molecule has 3 fully saturated rings. The topological polar surface area (TPSA) is 45.7 Å². The molecule has 0 bridgehead atoms. The van der Waals surface area contributed by atoms with Crippen molar-refractivity contribution in [2.45, 2.75) is 50.7 Å². The summed E-state index contributed by atoms with van der Waals surface area (Å²) < 4.78 is 5.89. The minimum atomic E-state index is 0.156. The fourth-order valence-electron chi connectivity index (χ4n) is 4.75. The quantitative estimate of drug-likeness (QED) is 0.638. The molecule has 0 aromatic heterocycles. The summed E-state index contributed by atoms with van der Waals surface area (Å²) in [6, 6.07) is 8.69. The zero-order valence-corrected chi connectivity index (χ0v) is 16.1. The van der Waals surface area contributed by atoms with Gasteiger partial charge < -0.3 is 15.4 Å². The highest BCUT2D eigenvalue weighted by Crippen LogP contribution is 2.52. The molecule has 3 unspecified atom stereocenters. The molecule has 25 heavy (non-hydrogen) atoms. The average molecular weight is 362 g/mol. The number of hydrogen-bond donors (Lipinski definition) is 2. The second-order valence-electron chi connectivity index (χ2n) is 8.40. The van der Waals surface area contributed by atoms with Crippen LogP contribution in [0.3, 0.4) is 0 Å². The molecule has 1 aliphatic heterocycles. The van der Waals surface area contributed by atoms with Crippen LogP contribution in [0.25, 0.3) is 0 Å². The summed E-state index contributed by atoms with van der Waals surface area (Å²) in [6.45, 7) is 6.36. The lowest BCUT2D eigenvalue weighted by Gasteiger charge is -2.55. The molecule has 0 radical (unpaired) electrons. The second kappa shape index (κ2) is 6.17. The summed E-state index contributed by atoms with van der Waals surface area (Å²) in [5.41, 5.74) is 1.69. The Hall–Kier alpha value is -1.26. The maximum Gasteiger partial charge on any atom is 0.191 e. The van der Waals surface area contributed by atoms with Crippen molar-refractivity contribution in [3.05, 3.63) is 34.9 Å². The molecule has 1 saturated heterocycles. The van der Waals surface area contributed by atoms with E-state index >= 15 is 0 Å². The highest BCUT2D eigenvalue weighted by Gasteiger charge is 2.59.